The van der Waals surface area contributed by atoms with E-state index in [4.69, 9.17) is 35.8 Å². The van der Waals surface area contributed by atoms with Crippen molar-refractivity contribution < 1.29 is 29.1 Å². The van der Waals surface area contributed by atoms with Crippen molar-refractivity contribution in [3.05, 3.63) is 0 Å². The molecule has 1 atom stereocenters. The summed E-state index contributed by atoms with van der Waals surface area (Å²) < 4.78 is 8.66. The Labute approximate surface area is 109 Å². The number of phosphoric acid groups is 1. The molecule has 0 heterocycles. The van der Waals surface area contributed by atoms with Gasteiger partial charge in [0.25, 0.3) is 0 Å². The third-order valence-corrected chi connectivity index (χ3v) is 1.29. The summed E-state index contributed by atoms with van der Waals surface area (Å²) >= 11 is 0. The van der Waals surface area contributed by atoms with Crippen molar-refractivity contribution in [1.29, 1.82) is 0 Å². The molecule has 0 fully saturated rings. The molecule has 0 saturated carbocycles. The van der Waals surface area contributed by atoms with Crippen LogP contribution in [0.15, 0.2) is 0 Å². The normalized spacial score (nSPS) is 11.8. The van der Waals surface area contributed by atoms with Crippen LogP contribution in [0.5, 0.6) is 0 Å². The van der Waals surface area contributed by atoms with Gasteiger partial charge >= 0.3 is 29.0 Å². The molecule has 0 aromatic rings. The molecule has 6 N–H and O–H groups in total. The first-order valence-corrected chi connectivity index (χ1v) is 5.61. The number of hydrogen-bond acceptors (Lipinski definition) is 6. The third kappa shape index (κ3) is 29.2. The molecule has 1 unspecified atom stereocenters. The zero-order chi connectivity index (χ0) is 12.5. The van der Waals surface area contributed by atoms with Gasteiger partial charge in [-0.2, -0.15) is 0 Å². The fourth-order valence-electron chi connectivity index (χ4n) is 0.632. The van der Waals surface area contributed by atoms with Crippen LogP contribution in [0.3, 0.4) is 0 Å². The first-order valence-electron chi connectivity index (χ1n) is 4.11. The molecule has 0 amide bonds. The van der Waals surface area contributed by atoms with E-state index in [1.165, 1.54) is 0 Å². The number of carboxylic acids is 1. The molecule has 0 aromatic heterocycles. The van der Waals surface area contributed by atoms with Gasteiger partial charge in [-0.15, -0.1) is 0 Å². The van der Waals surface area contributed by atoms with E-state index in [1.54, 1.807) is 0 Å². The minimum absolute atomic E-state index is 0. The molecule has 0 spiro atoms. The Kier molecular flexibility index (Phi) is 15.8. The van der Waals surface area contributed by atoms with Gasteiger partial charge in [0, 0.05) is 0 Å². The number of aliphatic carboxylic acids is 1. The average Bonchev–Trinajstić information content (AvgIpc) is 2.01. The summed E-state index contributed by atoms with van der Waals surface area (Å²) in [6.07, 6.45) is 2.16. The van der Waals surface area contributed by atoms with Crippen molar-refractivity contribution in [3.8, 4) is 0 Å². The molecule has 0 aliphatic heterocycles. The standard InChI is InChI=1S/C6H14N2O2.Mg.H3O4P/c7-4-2-1-3-5(8)6(9)10;;1-5(2,3)4/h5H,1-4,7-8H2,(H,9,10);;(H3,1,2,3,4)/q;+2;/p-2. The van der Waals surface area contributed by atoms with E-state index in [2.05, 4.69) is 0 Å². The second kappa shape index (κ2) is 11.7. The average molecular weight is 266 g/mol. The van der Waals surface area contributed by atoms with E-state index >= 15 is 0 Å². The van der Waals surface area contributed by atoms with Crippen LogP contribution < -0.4 is 21.3 Å². The second-order valence-corrected chi connectivity index (χ2v) is 3.63. The number of nitrogens with two attached hydrogens (primary N) is 2. The number of carbonyl (C=O) groups is 1. The van der Waals surface area contributed by atoms with Gasteiger partial charge in [0.1, 0.15) is 6.04 Å². The van der Waals surface area contributed by atoms with Crippen molar-refractivity contribution in [2.75, 3.05) is 6.54 Å². The van der Waals surface area contributed by atoms with Gasteiger partial charge in [-0.25, -0.2) is 0 Å². The van der Waals surface area contributed by atoms with Crippen molar-refractivity contribution >= 4 is 36.8 Å². The Balaban J connectivity index is -0.000000242. The fraction of sp³-hybridized carbons (Fsp3) is 0.833. The van der Waals surface area contributed by atoms with E-state index in [0.29, 0.717) is 13.0 Å². The molecule has 16 heavy (non-hydrogen) atoms. The quantitative estimate of drug-likeness (QED) is 0.231. The van der Waals surface area contributed by atoms with Crippen molar-refractivity contribution in [2.24, 2.45) is 11.5 Å². The summed E-state index contributed by atoms with van der Waals surface area (Å²) in [5.41, 5.74) is 10.4. The van der Waals surface area contributed by atoms with Crippen molar-refractivity contribution in [3.63, 3.8) is 0 Å². The number of unbranched alkanes of at least 4 members (excludes halogenated alkanes) is 1. The van der Waals surface area contributed by atoms with Gasteiger partial charge in [-0.3, -0.25) is 4.79 Å². The Hall–Kier alpha value is 0.266. The van der Waals surface area contributed by atoms with Gasteiger partial charge < -0.3 is 35.8 Å². The largest absolute Gasteiger partial charge is 2.00 e. The number of hydrogen-bond donors (Lipinski definition) is 4. The van der Waals surface area contributed by atoms with Gasteiger partial charge in [0.05, 0.1) is 7.82 Å². The van der Waals surface area contributed by atoms with E-state index in [1.807, 2.05) is 0 Å². The Morgan fingerprint density at radius 1 is 1.38 bits per heavy atom. The molecular formula is C6H15MgN2O6P. The van der Waals surface area contributed by atoms with Crippen LogP contribution >= 0.6 is 7.82 Å². The summed E-state index contributed by atoms with van der Waals surface area (Å²) in [4.78, 5) is 34.4. The van der Waals surface area contributed by atoms with Crippen LogP contribution in [0.1, 0.15) is 19.3 Å². The molecule has 0 bridgehead atoms. The maximum Gasteiger partial charge on any atom is 2.00 e. The van der Waals surface area contributed by atoms with Gasteiger partial charge in [-0.1, -0.05) is 6.42 Å². The summed E-state index contributed by atoms with van der Waals surface area (Å²) in [7, 11) is -5.14. The maximum absolute atomic E-state index is 10.1. The zero-order valence-corrected chi connectivity index (χ0v) is 11.1. The molecule has 0 aliphatic carbocycles. The van der Waals surface area contributed by atoms with E-state index in [0.717, 1.165) is 12.8 Å². The summed E-state index contributed by atoms with van der Waals surface area (Å²) in [6.45, 7) is 0.604. The van der Waals surface area contributed by atoms with Gasteiger partial charge in [0.15, 0.2) is 0 Å². The first-order chi connectivity index (χ1) is 6.68. The molecule has 92 valence electrons. The molecule has 0 rings (SSSR count). The Morgan fingerprint density at radius 3 is 2.00 bits per heavy atom. The molecule has 0 aliphatic rings. The van der Waals surface area contributed by atoms with Gasteiger partial charge in [-0.05, 0) is 19.4 Å². The zero-order valence-electron chi connectivity index (χ0n) is 8.74. The second-order valence-electron chi connectivity index (χ2n) is 2.70. The predicted octanol–water partition coefficient (Wildman–Crippen LogP) is -3.05. The van der Waals surface area contributed by atoms with Crippen molar-refractivity contribution in [2.45, 2.75) is 25.3 Å². The Morgan fingerprint density at radius 2 is 1.75 bits per heavy atom. The fourth-order valence-corrected chi connectivity index (χ4v) is 0.632. The van der Waals surface area contributed by atoms with Crippen LogP contribution in [-0.2, 0) is 9.36 Å². The topological polar surface area (TPSA) is 173 Å². The van der Waals surface area contributed by atoms with E-state index in [9.17, 15) is 4.79 Å². The van der Waals surface area contributed by atoms with E-state index < -0.39 is 19.8 Å². The summed E-state index contributed by atoms with van der Waals surface area (Å²) in [5, 5.41) is 8.33. The first kappa shape index (κ1) is 21.5. The van der Waals surface area contributed by atoms with Crippen LogP contribution in [0.4, 0.5) is 0 Å². The smallest absolute Gasteiger partial charge is 0.790 e. The molecular weight excluding hydrogens is 251 g/mol. The summed E-state index contributed by atoms with van der Waals surface area (Å²) in [6, 6.07) is -0.716. The minimum Gasteiger partial charge on any atom is -0.790 e. The monoisotopic (exact) mass is 266 g/mol. The van der Waals surface area contributed by atoms with Gasteiger partial charge in [0.2, 0.25) is 0 Å². The Bertz CT molecular complexity index is 215. The minimum atomic E-state index is -5.14. The van der Waals surface area contributed by atoms with Crippen LogP contribution in [0.2, 0.25) is 0 Å². The van der Waals surface area contributed by atoms with Crippen molar-refractivity contribution in [1.82, 2.24) is 0 Å². The molecule has 8 nitrogen and oxygen atoms in total. The molecule has 0 radical (unpaired) electrons. The number of carboxylic acid groups (broad SMARTS) is 1. The number of rotatable bonds is 5. The van der Waals surface area contributed by atoms with E-state index in [-0.39, 0.29) is 23.1 Å². The third-order valence-electron chi connectivity index (χ3n) is 1.29. The van der Waals surface area contributed by atoms with Crippen LogP contribution in [-0.4, -0.2) is 51.6 Å². The van der Waals surface area contributed by atoms with Crippen LogP contribution in [0, 0.1) is 0 Å². The molecule has 0 saturated heterocycles. The molecule has 0 aromatic carbocycles. The predicted molar refractivity (Wildman–Crippen MR) is 54.1 cm³/mol. The SMILES string of the molecule is NCCCCC(N)C(=O)O.O=P([O-])([O-])O.[Mg+2]. The van der Waals surface area contributed by atoms with Crippen LogP contribution in [0.25, 0.3) is 0 Å². The maximum atomic E-state index is 10.1. The molecule has 10 heteroatoms. The summed E-state index contributed by atoms with van der Waals surface area (Å²) in [5.74, 6) is -0.933.